The summed E-state index contributed by atoms with van der Waals surface area (Å²) in [6, 6.07) is 6.74. The number of nitrogens with two attached hydrogens (primary N) is 2. The van der Waals surface area contributed by atoms with Crippen LogP contribution in [0.4, 0.5) is 11.6 Å². The van der Waals surface area contributed by atoms with Crippen LogP contribution >= 0.6 is 0 Å². The Morgan fingerprint density at radius 1 is 0.897 bits per heavy atom. The van der Waals surface area contributed by atoms with Gasteiger partial charge in [0.1, 0.15) is 17.0 Å². The molecule has 3 aromatic rings. The van der Waals surface area contributed by atoms with Crippen molar-refractivity contribution in [1.82, 2.24) is 14.5 Å². The number of nitrogens with one attached hydrogen (secondary N) is 2. The minimum Gasteiger partial charge on any atom is -0.494 e. The lowest BCUT2D eigenvalue weighted by atomic mass is 9.88. The highest BCUT2D eigenvalue weighted by Crippen LogP contribution is 2.39. The van der Waals surface area contributed by atoms with E-state index in [-0.39, 0.29) is 35.0 Å². The molecular formula is C52H67N9O7. The molecule has 68 heavy (non-hydrogen) atoms. The molecule has 7 rings (SSSR count). The highest BCUT2D eigenvalue weighted by Gasteiger charge is 2.28. The third-order valence-corrected chi connectivity index (χ3v) is 13.4. The van der Waals surface area contributed by atoms with Crippen LogP contribution in [0.2, 0.25) is 0 Å². The van der Waals surface area contributed by atoms with Crippen molar-refractivity contribution < 1.29 is 33.4 Å². The van der Waals surface area contributed by atoms with Gasteiger partial charge in [-0.3, -0.25) is 39.4 Å². The number of anilines is 2. The Labute approximate surface area is 399 Å². The number of carbonyl (C=O) groups is 4. The van der Waals surface area contributed by atoms with Crippen LogP contribution in [0.25, 0.3) is 11.0 Å². The Hall–Kier alpha value is -6.39. The smallest absolute Gasteiger partial charge is 0.254 e. The van der Waals surface area contributed by atoms with Gasteiger partial charge in [0.05, 0.1) is 32.4 Å². The first-order valence-corrected chi connectivity index (χ1v) is 24.1. The second kappa shape index (κ2) is 23.1. The number of fused-ring (bicyclic) bond motifs is 2. The average Bonchev–Trinajstić information content (AvgIpc) is 3.57. The quantitative estimate of drug-likeness (QED) is 0.0673. The molecule has 16 heteroatoms. The van der Waals surface area contributed by atoms with Crippen molar-refractivity contribution in [1.29, 1.82) is 0 Å². The zero-order chi connectivity index (χ0) is 48.3. The van der Waals surface area contributed by atoms with E-state index >= 15 is 0 Å². The lowest BCUT2D eigenvalue weighted by molar-refractivity contribution is -0.116. The van der Waals surface area contributed by atoms with Crippen LogP contribution < -0.4 is 31.6 Å². The van der Waals surface area contributed by atoms with Crippen LogP contribution in [0.15, 0.2) is 81.5 Å². The zero-order valence-electron chi connectivity index (χ0n) is 40.2. The molecule has 5 heterocycles. The minimum absolute atomic E-state index is 0.00731. The standard InChI is InChI=1S/C52H67N9O7/c1-6-34-30-55-32(3)24-40(34)45(62)14-10-13-42-36(15-16-39-43(57-42)26-37(49(53)63)28-46(39)68-21-11-17-60-19-22-67-23-20-60)12-8-9-18-61-48-44(27-38(50(54)64)29-47(48)66-5)58-52(61)59-51(65)41-25-33(4)56-31-35(41)7-2/h8-9,13,24-29,34-36,57H,6-7,10-12,14-23,30-31H2,1-5H3,(H2,53,63)(H2,54,64)(H,58,59,65)/b9-8+,42-13+. The number of aromatic nitrogens is 2. The van der Waals surface area contributed by atoms with Gasteiger partial charge in [0.15, 0.2) is 5.78 Å². The van der Waals surface area contributed by atoms with Crippen LogP contribution in [0.3, 0.4) is 0 Å². The third kappa shape index (κ3) is 12.0. The fraction of sp³-hybridized carbons (Fsp3) is 0.481. The number of carbonyl (C=O) groups excluding carboxylic acids is 4. The molecular weight excluding hydrogens is 863 g/mol. The summed E-state index contributed by atoms with van der Waals surface area (Å²) in [6.07, 6.45) is 15.3. The van der Waals surface area contributed by atoms with Gasteiger partial charge in [-0.15, -0.1) is 0 Å². The summed E-state index contributed by atoms with van der Waals surface area (Å²) < 4.78 is 19.6. The molecule has 0 spiro atoms. The molecule has 3 amide bonds. The van der Waals surface area contributed by atoms with E-state index in [0.29, 0.717) is 91.5 Å². The van der Waals surface area contributed by atoms with Gasteiger partial charge >= 0.3 is 0 Å². The number of nitrogens with zero attached hydrogens (tertiary/aromatic N) is 5. The average molecular weight is 930 g/mol. The normalized spacial score (nSPS) is 20.4. The number of rotatable bonds is 20. The number of hydrogen-bond acceptors (Lipinski definition) is 12. The van der Waals surface area contributed by atoms with Crippen molar-refractivity contribution in [3.8, 4) is 11.5 Å². The molecule has 0 radical (unpaired) electrons. The van der Waals surface area contributed by atoms with Gasteiger partial charge < -0.3 is 35.6 Å². The van der Waals surface area contributed by atoms with E-state index in [9.17, 15) is 19.2 Å². The molecule has 4 aliphatic rings. The molecule has 1 fully saturated rings. The molecule has 16 nitrogen and oxygen atoms in total. The molecule has 6 N–H and O–H groups in total. The predicted molar refractivity (Wildman–Crippen MR) is 267 cm³/mol. The molecule has 2 aromatic carbocycles. The van der Waals surface area contributed by atoms with Gasteiger partial charge in [0.25, 0.3) is 5.91 Å². The van der Waals surface area contributed by atoms with Crippen LogP contribution in [0.5, 0.6) is 11.5 Å². The summed E-state index contributed by atoms with van der Waals surface area (Å²) in [5, 5.41) is 6.75. The fourth-order valence-corrected chi connectivity index (χ4v) is 9.43. The molecule has 4 aliphatic heterocycles. The summed E-state index contributed by atoms with van der Waals surface area (Å²) in [5.41, 5.74) is 19.0. The number of hydrogen-bond donors (Lipinski definition) is 4. The van der Waals surface area contributed by atoms with Crippen LogP contribution in [-0.2, 0) is 27.3 Å². The molecule has 1 saturated heterocycles. The summed E-state index contributed by atoms with van der Waals surface area (Å²) in [6.45, 7) is 14.0. The highest BCUT2D eigenvalue weighted by atomic mass is 16.5. The Morgan fingerprint density at radius 2 is 1.57 bits per heavy atom. The second-order valence-electron chi connectivity index (χ2n) is 18.0. The minimum atomic E-state index is -0.625. The number of Topliss-reactive ketones (excluding diaryl/α,β-unsaturated/α-hetero) is 1. The van der Waals surface area contributed by atoms with E-state index in [1.807, 2.05) is 43.6 Å². The van der Waals surface area contributed by atoms with E-state index in [1.54, 1.807) is 24.3 Å². The van der Waals surface area contributed by atoms with Gasteiger partial charge in [-0.2, -0.15) is 0 Å². The number of benzene rings is 2. The summed E-state index contributed by atoms with van der Waals surface area (Å²) in [7, 11) is 1.52. The largest absolute Gasteiger partial charge is 0.494 e. The lowest BCUT2D eigenvalue weighted by Gasteiger charge is -2.26. The molecule has 0 bridgehead atoms. The lowest BCUT2D eigenvalue weighted by Crippen LogP contribution is -2.37. The third-order valence-electron chi connectivity index (χ3n) is 13.4. The van der Waals surface area contributed by atoms with Crippen molar-refractivity contribution in [2.45, 2.75) is 85.6 Å². The number of aliphatic imine (C=N–C) groups is 2. The van der Waals surface area contributed by atoms with Gasteiger partial charge in [-0.05, 0) is 95.2 Å². The van der Waals surface area contributed by atoms with Crippen molar-refractivity contribution >= 4 is 57.6 Å². The maximum atomic E-state index is 13.9. The maximum Gasteiger partial charge on any atom is 0.254 e. The highest BCUT2D eigenvalue weighted by molar-refractivity contribution is 6.10. The Morgan fingerprint density at radius 3 is 2.26 bits per heavy atom. The van der Waals surface area contributed by atoms with Crippen LogP contribution in [-0.4, -0.2) is 109 Å². The van der Waals surface area contributed by atoms with Gasteiger partial charge in [0.2, 0.25) is 17.8 Å². The molecule has 3 atom stereocenters. The monoisotopic (exact) mass is 930 g/mol. The molecule has 362 valence electrons. The zero-order valence-corrected chi connectivity index (χ0v) is 40.2. The Kier molecular flexibility index (Phi) is 16.8. The predicted octanol–water partition coefficient (Wildman–Crippen LogP) is 6.99. The maximum absolute atomic E-state index is 13.9. The number of ether oxygens (including phenoxy) is 3. The molecule has 1 aromatic heterocycles. The second-order valence-corrected chi connectivity index (χ2v) is 18.0. The van der Waals surface area contributed by atoms with Gasteiger partial charge in [-0.25, -0.2) is 4.98 Å². The number of dihydropyridines is 2. The van der Waals surface area contributed by atoms with Crippen molar-refractivity contribution in [3.63, 3.8) is 0 Å². The van der Waals surface area contributed by atoms with Crippen molar-refractivity contribution in [2.24, 2.45) is 39.2 Å². The summed E-state index contributed by atoms with van der Waals surface area (Å²) in [5.74, 6) is 0.0704. The number of imidazole rings is 1. The fourth-order valence-electron chi connectivity index (χ4n) is 9.43. The number of amides is 3. The van der Waals surface area contributed by atoms with Crippen molar-refractivity contribution in [2.75, 3.05) is 70.3 Å². The van der Waals surface area contributed by atoms with Gasteiger partial charge in [-0.1, -0.05) is 32.1 Å². The number of primary amides is 2. The van der Waals surface area contributed by atoms with E-state index in [2.05, 4.69) is 44.6 Å². The van der Waals surface area contributed by atoms with Crippen LogP contribution in [0.1, 0.15) is 98.9 Å². The number of morpholine rings is 1. The first-order valence-electron chi connectivity index (χ1n) is 24.1. The number of methoxy groups -OCH3 is 1. The number of ketones is 1. The Bertz CT molecular complexity index is 2580. The Balaban J connectivity index is 1.16. The first kappa shape index (κ1) is 49.5. The SMILES string of the molecule is CCC1CN=C(C)C=C1C(=O)CC/C=C1/Nc2cc(C(N)=O)cc(OCCCN3CCOCC3)c2CCC1C/C=C/Cn1c(NC(=O)C2=CC(C)=NCC2CC)nc2cc(C(N)=O)cc(OC)c21. The van der Waals surface area contributed by atoms with E-state index in [4.69, 9.17) is 30.7 Å². The van der Waals surface area contributed by atoms with Crippen molar-refractivity contribution in [3.05, 3.63) is 88.2 Å². The first-order chi connectivity index (χ1) is 32.9. The van der Waals surface area contributed by atoms with E-state index in [1.165, 1.54) is 7.11 Å². The number of allylic oxidation sites excluding steroid dienone is 6. The molecule has 3 unspecified atom stereocenters. The molecule has 0 saturated carbocycles. The van der Waals surface area contributed by atoms with Crippen LogP contribution in [0, 0.1) is 17.8 Å². The summed E-state index contributed by atoms with van der Waals surface area (Å²) in [4.78, 5) is 68.9. The van der Waals surface area contributed by atoms with E-state index in [0.717, 1.165) is 92.5 Å². The topological polar surface area (TPSA) is 218 Å². The summed E-state index contributed by atoms with van der Waals surface area (Å²) >= 11 is 0. The van der Waals surface area contributed by atoms with E-state index < -0.39 is 11.8 Å². The molecule has 0 aliphatic carbocycles. The van der Waals surface area contributed by atoms with Gasteiger partial charge in [0, 0.05) is 114 Å².